The van der Waals surface area contributed by atoms with Gasteiger partial charge in [-0.2, -0.15) is 0 Å². The number of rotatable bonds is 8. The van der Waals surface area contributed by atoms with Gasteiger partial charge >= 0.3 is 0 Å². The van der Waals surface area contributed by atoms with E-state index in [9.17, 15) is 9.18 Å². The lowest BCUT2D eigenvalue weighted by Gasteiger charge is -2.14. The number of thioether (sulfide) groups is 1. The molecule has 1 amide bonds. The fraction of sp³-hybridized carbons (Fsp3) is 0.192. The molecule has 0 aliphatic rings. The first kappa shape index (κ1) is 24.8. The summed E-state index contributed by atoms with van der Waals surface area (Å²) >= 11 is 7.05. The molecule has 0 radical (unpaired) electrons. The number of nitrogens with zero attached hydrogens (tertiary/aromatic N) is 3. The van der Waals surface area contributed by atoms with E-state index in [0.29, 0.717) is 16.7 Å². The van der Waals surface area contributed by atoms with Crippen molar-refractivity contribution in [3.05, 3.63) is 94.0 Å². The Hall–Kier alpha value is -3.36. The minimum Gasteiger partial charge on any atom is -0.485 e. The third kappa shape index (κ3) is 6.01. The van der Waals surface area contributed by atoms with Gasteiger partial charge in [0.2, 0.25) is 5.91 Å². The highest BCUT2D eigenvalue weighted by Crippen LogP contribution is 2.27. The van der Waals surface area contributed by atoms with Gasteiger partial charge in [0.25, 0.3) is 0 Å². The SMILES string of the molecule is Cc1ccc(-n2c(COc3c(C)cccc3C)nnc2SCC(=O)Nc2ccc(F)c(Cl)c2)cc1. The number of hydrogen-bond donors (Lipinski definition) is 1. The second kappa shape index (κ2) is 10.9. The van der Waals surface area contributed by atoms with Crippen LogP contribution < -0.4 is 10.1 Å². The molecule has 0 saturated carbocycles. The highest BCUT2D eigenvalue weighted by Gasteiger charge is 2.17. The lowest BCUT2D eigenvalue weighted by atomic mass is 10.1. The van der Waals surface area contributed by atoms with E-state index in [-0.39, 0.29) is 23.3 Å². The van der Waals surface area contributed by atoms with Crippen LogP contribution in [0.15, 0.2) is 65.8 Å². The van der Waals surface area contributed by atoms with Crippen LogP contribution in [0, 0.1) is 26.6 Å². The Bertz CT molecular complexity index is 1340. The number of carbonyl (C=O) groups is 1. The molecule has 4 rings (SSSR count). The lowest BCUT2D eigenvalue weighted by Crippen LogP contribution is -2.15. The van der Waals surface area contributed by atoms with E-state index in [4.69, 9.17) is 16.3 Å². The minimum atomic E-state index is -0.541. The molecule has 1 aromatic heterocycles. The van der Waals surface area contributed by atoms with Crippen LogP contribution >= 0.6 is 23.4 Å². The van der Waals surface area contributed by atoms with Crippen molar-refractivity contribution in [1.29, 1.82) is 0 Å². The maximum Gasteiger partial charge on any atom is 0.234 e. The highest BCUT2D eigenvalue weighted by atomic mass is 35.5. The molecular weight excluding hydrogens is 487 g/mol. The second-order valence-corrected chi connectivity index (χ2v) is 9.39. The van der Waals surface area contributed by atoms with Crippen LogP contribution in [0.1, 0.15) is 22.5 Å². The molecule has 4 aromatic rings. The molecule has 9 heteroatoms. The van der Waals surface area contributed by atoms with Gasteiger partial charge in [0.15, 0.2) is 11.0 Å². The summed E-state index contributed by atoms with van der Waals surface area (Å²) in [6, 6.07) is 18.0. The standard InChI is InChI=1S/C26H24ClFN4O2S/c1-16-7-10-20(11-8-16)32-23(14-34-25-17(2)5-4-6-18(25)3)30-31-26(32)35-15-24(33)29-19-9-12-22(28)21(27)13-19/h4-13H,14-15H2,1-3H3,(H,29,33). The van der Waals surface area contributed by atoms with Crippen molar-refractivity contribution in [3.8, 4) is 11.4 Å². The number of anilines is 1. The van der Waals surface area contributed by atoms with E-state index in [1.54, 1.807) is 0 Å². The predicted molar refractivity (Wildman–Crippen MR) is 137 cm³/mol. The van der Waals surface area contributed by atoms with Gasteiger partial charge in [-0.3, -0.25) is 9.36 Å². The number of halogens is 2. The van der Waals surface area contributed by atoms with Gasteiger partial charge in [0.1, 0.15) is 18.2 Å². The van der Waals surface area contributed by atoms with Gasteiger partial charge in [0.05, 0.1) is 10.8 Å². The lowest BCUT2D eigenvalue weighted by molar-refractivity contribution is -0.113. The van der Waals surface area contributed by atoms with Crippen LogP contribution in [0.25, 0.3) is 5.69 Å². The van der Waals surface area contributed by atoms with Gasteiger partial charge in [-0.05, 0) is 62.2 Å². The zero-order chi connectivity index (χ0) is 24.9. The van der Waals surface area contributed by atoms with Crippen LogP contribution in [0.4, 0.5) is 10.1 Å². The Morgan fingerprint density at radius 1 is 1.06 bits per heavy atom. The maximum absolute atomic E-state index is 13.4. The number of aryl methyl sites for hydroxylation is 3. The molecule has 0 fully saturated rings. The van der Waals surface area contributed by atoms with Crippen molar-refractivity contribution in [2.24, 2.45) is 0 Å². The summed E-state index contributed by atoms with van der Waals surface area (Å²) in [6.07, 6.45) is 0. The number of ether oxygens (including phenoxy) is 1. The summed E-state index contributed by atoms with van der Waals surface area (Å²) in [5, 5.41) is 11.9. The molecule has 3 aromatic carbocycles. The summed E-state index contributed by atoms with van der Waals surface area (Å²) in [5.74, 6) is 0.698. The van der Waals surface area contributed by atoms with Crippen LogP contribution in [-0.4, -0.2) is 26.4 Å². The van der Waals surface area contributed by atoms with E-state index in [2.05, 4.69) is 15.5 Å². The number of para-hydroxylation sites is 1. The number of benzene rings is 3. The third-order valence-electron chi connectivity index (χ3n) is 5.28. The summed E-state index contributed by atoms with van der Waals surface area (Å²) < 4.78 is 21.4. The molecule has 0 unspecified atom stereocenters. The van der Waals surface area contributed by atoms with Crippen molar-refractivity contribution >= 4 is 35.0 Å². The molecule has 0 atom stereocenters. The topological polar surface area (TPSA) is 69.0 Å². The Morgan fingerprint density at radius 2 is 1.77 bits per heavy atom. The van der Waals surface area contributed by atoms with Crippen LogP contribution in [-0.2, 0) is 11.4 Å². The first-order valence-corrected chi connectivity index (χ1v) is 12.3. The van der Waals surface area contributed by atoms with Gasteiger partial charge in [0, 0.05) is 11.4 Å². The quantitative estimate of drug-likeness (QED) is 0.282. The van der Waals surface area contributed by atoms with Crippen LogP contribution in [0.3, 0.4) is 0 Å². The predicted octanol–water partition coefficient (Wildman–Crippen LogP) is 6.29. The molecule has 6 nitrogen and oxygen atoms in total. The van der Waals surface area contributed by atoms with E-state index in [1.165, 1.54) is 30.0 Å². The third-order valence-corrected chi connectivity index (χ3v) is 6.50. The van der Waals surface area contributed by atoms with Crippen molar-refractivity contribution in [1.82, 2.24) is 14.8 Å². The average Bonchev–Trinajstić information content (AvgIpc) is 3.23. The van der Waals surface area contributed by atoms with Gasteiger partial charge < -0.3 is 10.1 Å². The van der Waals surface area contributed by atoms with Gasteiger partial charge in [-0.15, -0.1) is 10.2 Å². The molecule has 1 N–H and O–H groups in total. The Kier molecular flexibility index (Phi) is 7.73. The second-order valence-electron chi connectivity index (χ2n) is 8.05. The van der Waals surface area contributed by atoms with E-state index in [1.807, 2.05) is 67.8 Å². The van der Waals surface area contributed by atoms with Crippen molar-refractivity contribution in [2.45, 2.75) is 32.5 Å². The van der Waals surface area contributed by atoms with E-state index in [0.717, 1.165) is 28.1 Å². The highest BCUT2D eigenvalue weighted by molar-refractivity contribution is 7.99. The Morgan fingerprint density at radius 3 is 2.46 bits per heavy atom. The summed E-state index contributed by atoms with van der Waals surface area (Å²) in [4.78, 5) is 12.5. The zero-order valence-corrected chi connectivity index (χ0v) is 21.1. The summed E-state index contributed by atoms with van der Waals surface area (Å²) in [7, 11) is 0. The molecule has 1 heterocycles. The average molecular weight is 511 g/mol. The molecule has 180 valence electrons. The van der Waals surface area contributed by atoms with Crippen LogP contribution in [0.5, 0.6) is 5.75 Å². The normalized spacial score (nSPS) is 10.9. The smallest absolute Gasteiger partial charge is 0.234 e. The molecule has 0 aliphatic carbocycles. The number of amides is 1. The zero-order valence-electron chi connectivity index (χ0n) is 19.5. The molecule has 0 spiro atoms. The molecule has 0 aliphatic heterocycles. The molecule has 0 bridgehead atoms. The van der Waals surface area contributed by atoms with Crippen molar-refractivity contribution < 1.29 is 13.9 Å². The molecule has 35 heavy (non-hydrogen) atoms. The van der Waals surface area contributed by atoms with Crippen molar-refractivity contribution in [3.63, 3.8) is 0 Å². The monoisotopic (exact) mass is 510 g/mol. The van der Waals surface area contributed by atoms with Gasteiger partial charge in [-0.1, -0.05) is 59.3 Å². The number of hydrogen-bond acceptors (Lipinski definition) is 5. The van der Waals surface area contributed by atoms with Crippen LogP contribution in [0.2, 0.25) is 5.02 Å². The Labute approximate surface area is 212 Å². The maximum atomic E-state index is 13.4. The summed E-state index contributed by atoms with van der Waals surface area (Å²) in [6.45, 7) is 6.23. The first-order valence-electron chi connectivity index (χ1n) is 10.9. The molecule has 0 saturated heterocycles. The largest absolute Gasteiger partial charge is 0.485 e. The fourth-order valence-electron chi connectivity index (χ4n) is 3.51. The molecular formula is C26H24ClFN4O2S. The minimum absolute atomic E-state index is 0.0527. The number of carbonyl (C=O) groups excluding carboxylic acids is 1. The summed E-state index contributed by atoms with van der Waals surface area (Å²) in [5.41, 5.74) is 4.50. The first-order chi connectivity index (χ1) is 16.8. The Balaban J connectivity index is 1.53. The number of aromatic nitrogens is 3. The van der Waals surface area contributed by atoms with E-state index < -0.39 is 5.82 Å². The van der Waals surface area contributed by atoms with Crippen molar-refractivity contribution in [2.75, 3.05) is 11.1 Å². The van der Waals surface area contributed by atoms with E-state index >= 15 is 0 Å². The fourth-order valence-corrected chi connectivity index (χ4v) is 4.46. The van der Waals surface area contributed by atoms with Gasteiger partial charge in [-0.25, -0.2) is 4.39 Å². The number of nitrogens with one attached hydrogen (secondary N) is 1.